The number of nitrogen functional groups attached to an aromatic ring is 1. The summed E-state index contributed by atoms with van der Waals surface area (Å²) in [5.41, 5.74) is 17.9. The van der Waals surface area contributed by atoms with Crippen LogP contribution >= 0.6 is 0 Å². The zero-order valence-corrected chi connectivity index (χ0v) is 29.1. The van der Waals surface area contributed by atoms with E-state index >= 15 is 0 Å². The van der Waals surface area contributed by atoms with Gasteiger partial charge in [-0.1, -0.05) is 117 Å². The van der Waals surface area contributed by atoms with Crippen LogP contribution in [0.1, 0.15) is 56.2 Å². The summed E-state index contributed by atoms with van der Waals surface area (Å²) < 4.78 is 6.46. The normalized spacial score (nSPS) is 13.3. The third-order valence-electron chi connectivity index (χ3n) is 9.86. The number of para-hydroxylation sites is 1. The van der Waals surface area contributed by atoms with Gasteiger partial charge < -0.3 is 10.5 Å². The van der Waals surface area contributed by atoms with Crippen molar-refractivity contribution in [2.75, 3.05) is 5.73 Å². The van der Waals surface area contributed by atoms with Gasteiger partial charge in [0.2, 0.25) is 0 Å². The summed E-state index contributed by atoms with van der Waals surface area (Å²) in [7, 11) is 0. The molecule has 6 aromatic carbocycles. The predicted molar refractivity (Wildman–Crippen MR) is 215 cm³/mol. The third kappa shape index (κ3) is 7.51. The van der Waals surface area contributed by atoms with Gasteiger partial charge >= 0.3 is 0 Å². The van der Waals surface area contributed by atoms with Gasteiger partial charge in [0.15, 0.2) is 0 Å². The highest BCUT2D eigenvalue weighted by atomic mass is 16.5. The van der Waals surface area contributed by atoms with Crippen molar-refractivity contribution < 1.29 is 4.74 Å². The molecule has 0 aliphatic heterocycles. The van der Waals surface area contributed by atoms with E-state index in [-0.39, 0.29) is 0 Å². The van der Waals surface area contributed by atoms with Gasteiger partial charge in [-0.2, -0.15) is 0 Å². The van der Waals surface area contributed by atoms with E-state index in [1.165, 1.54) is 33.0 Å². The minimum atomic E-state index is 0.617. The predicted octanol–water partition coefficient (Wildman–Crippen LogP) is 13.6. The third-order valence-corrected chi connectivity index (χ3v) is 9.86. The van der Waals surface area contributed by atoms with E-state index in [4.69, 9.17) is 10.5 Å². The highest BCUT2D eigenvalue weighted by Gasteiger charge is 2.13. The molecule has 0 fully saturated rings. The van der Waals surface area contributed by atoms with Crippen LogP contribution in [0.15, 0.2) is 146 Å². The minimum absolute atomic E-state index is 0.617. The topological polar surface area (TPSA) is 35.2 Å². The number of fused-ring (bicyclic) bond motifs is 2. The Morgan fingerprint density at radius 2 is 1.30 bits per heavy atom. The zero-order valence-electron chi connectivity index (χ0n) is 29.1. The highest BCUT2D eigenvalue weighted by molar-refractivity contribution is 5.91. The van der Waals surface area contributed by atoms with Crippen LogP contribution < -0.4 is 10.5 Å². The molecule has 2 heteroatoms. The maximum atomic E-state index is 6.86. The quantitative estimate of drug-likeness (QED) is 0.118. The number of rotatable bonds is 10. The average molecular weight is 652 g/mol. The van der Waals surface area contributed by atoms with Crippen molar-refractivity contribution >= 4 is 28.6 Å². The molecule has 6 aromatic rings. The first-order chi connectivity index (χ1) is 24.6. The van der Waals surface area contributed by atoms with E-state index in [9.17, 15) is 0 Å². The van der Waals surface area contributed by atoms with Crippen LogP contribution in [-0.2, 0) is 6.42 Å². The molecule has 1 aliphatic carbocycles. The Morgan fingerprint density at radius 3 is 2.08 bits per heavy atom. The lowest BCUT2D eigenvalue weighted by molar-refractivity contribution is 0.478. The van der Waals surface area contributed by atoms with Crippen LogP contribution in [0.25, 0.3) is 56.3 Å². The first kappa shape index (κ1) is 32.9. The van der Waals surface area contributed by atoms with E-state index in [1.54, 1.807) is 0 Å². The van der Waals surface area contributed by atoms with Crippen molar-refractivity contribution in [2.24, 2.45) is 5.92 Å². The molecule has 2 N–H and O–H groups in total. The summed E-state index contributed by atoms with van der Waals surface area (Å²) in [4.78, 5) is 0. The van der Waals surface area contributed by atoms with Crippen LogP contribution in [0.4, 0.5) is 5.69 Å². The Kier molecular flexibility index (Phi) is 10.1. The molecule has 0 amide bonds. The van der Waals surface area contributed by atoms with E-state index in [2.05, 4.69) is 147 Å². The van der Waals surface area contributed by atoms with Gasteiger partial charge in [-0.3, -0.25) is 0 Å². The summed E-state index contributed by atoms with van der Waals surface area (Å²) in [5, 5.41) is 2.46. The Balaban J connectivity index is 1.25. The number of benzene rings is 6. The molecule has 0 heterocycles. The number of hydrogen-bond acceptors (Lipinski definition) is 2. The van der Waals surface area contributed by atoms with E-state index in [0.29, 0.717) is 11.6 Å². The largest absolute Gasteiger partial charge is 0.457 e. The number of anilines is 1. The van der Waals surface area contributed by atoms with E-state index < -0.39 is 0 Å². The molecule has 7 rings (SSSR count). The number of nitrogens with two attached hydrogens (primary N) is 1. The summed E-state index contributed by atoms with van der Waals surface area (Å²) in [6.45, 7) is 4.49. The van der Waals surface area contributed by atoms with Gasteiger partial charge in [-0.15, -0.1) is 0 Å². The standard InChI is InChI=1S/C48H45NO/c1-3-34(4-2)14-13-20-37-17-11-12-21-48(37)50-45-26-27-46(47(49)33-45)44-31-42(40-24-22-35-15-7-5-6-8-18-38(35)28-40)30-43(32-44)41-25-23-36-16-9-10-19-39(36)29-41/h7-19,21-34H,3-6,20,49H2,1-2H3/b14-13+,15-7?,18-8+. The summed E-state index contributed by atoms with van der Waals surface area (Å²) in [6.07, 6.45) is 18.9. The molecule has 2 nitrogen and oxygen atoms in total. The van der Waals surface area contributed by atoms with Gasteiger partial charge in [0.05, 0.1) is 0 Å². The SMILES string of the molecule is CCC(/C=C/Cc1ccccc1Oc1ccc(-c2cc(-c3ccc4c(c3)/C=C/CCC=C4)cc(-c3ccc4ccccc4c3)c2)c(N)c1)CC. The zero-order chi connectivity index (χ0) is 34.3. The van der Waals surface area contributed by atoms with Gasteiger partial charge in [0.25, 0.3) is 0 Å². The molecule has 0 atom stereocenters. The fourth-order valence-corrected chi connectivity index (χ4v) is 6.86. The molecule has 50 heavy (non-hydrogen) atoms. The maximum absolute atomic E-state index is 6.86. The molecular formula is C48H45NO. The molecule has 0 saturated carbocycles. The second-order valence-corrected chi connectivity index (χ2v) is 13.3. The molecule has 0 spiro atoms. The van der Waals surface area contributed by atoms with Crippen molar-refractivity contribution in [2.45, 2.75) is 46.0 Å². The number of allylic oxidation sites excluding steroid dienone is 4. The molecule has 1 aliphatic rings. The molecule has 0 saturated heterocycles. The van der Waals surface area contributed by atoms with Crippen LogP contribution in [-0.4, -0.2) is 0 Å². The van der Waals surface area contributed by atoms with Crippen LogP contribution in [0.5, 0.6) is 11.5 Å². The monoisotopic (exact) mass is 651 g/mol. The lowest BCUT2D eigenvalue weighted by atomic mass is 9.90. The number of ether oxygens (including phenoxy) is 1. The number of hydrogen-bond donors (Lipinski definition) is 1. The highest BCUT2D eigenvalue weighted by Crippen LogP contribution is 2.39. The molecule has 0 bridgehead atoms. The molecule has 0 aromatic heterocycles. The lowest BCUT2D eigenvalue weighted by Gasteiger charge is -2.16. The van der Waals surface area contributed by atoms with Crippen molar-refractivity contribution in [1.82, 2.24) is 0 Å². The Labute approximate surface area is 297 Å². The Morgan fingerprint density at radius 1 is 0.620 bits per heavy atom. The van der Waals surface area contributed by atoms with Crippen LogP contribution in [0.3, 0.4) is 0 Å². The Bertz CT molecular complexity index is 2210. The molecule has 248 valence electrons. The van der Waals surface area contributed by atoms with Gasteiger partial charge in [-0.25, -0.2) is 0 Å². The van der Waals surface area contributed by atoms with Crippen molar-refractivity contribution in [1.29, 1.82) is 0 Å². The smallest absolute Gasteiger partial charge is 0.130 e. The fourth-order valence-electron chi connectivity index (χ4n) is 6.86. The van der Waals surface area contributed by atoms with Crippen molar-refractivity contribution in [3.8, 4) is 44.9 Å². The molecule has 0 unspecified atom stereocenters. The van der Waals surface area contributed by atoms with Gasteiger partial charge in [0, 0.05) is 17.3 Å². The minimum Gasteiger partial charge on any atom is -0.457 e. The maximum Gasteiger partial charge on any atom is 0.130 e. The van der Waals surface area contributed by atoms with Crippen LogP contribution in [0.2, 0.25) is 0 Å². The molecular weight excluding hydrogens is 607 g/mol. The first-order valence-electron chi connectivity index (χ1n) is 18.0. The van der Waals surface area contributed by atoms with E-state index in [1.807, 2.05) is 24.3 Å². The van der Waals surface area contributed by atoms with Crippen molar-refractivity contribution in [3.05, 3.63) is 162 Å². The summed E-state index contributed by atoms with van der Waals surface area (Å²) in [5.74, 6) is 2.21. The van der Waals surface area contributed by atoms with Crippen molar-refractivity contribution in [3.63, 3.8) is 0 Å². The second kappa shape index (κ2) is 15.3. The fraction of sp³-hybridized carbons (Fsp3) is 0.167. The second-order valence-electron chi connectivity index (χ2n) is 13.3. The molecule has 0 radical (unpaired) electrons. The lowest BCUT2D eigenvalue weighted by Crippen LogP contribution is -1.95. The first-order valence-corrected chi connectivity index (χ1v) is 18.0. The van der Waals surface area contributed by atoms with Crippen LogP contribution in [0, 0.1) is 5.92 Å². The summed E-state index contributed by atoms with van der Waals surface area (Å²) in [6, 6.07) is 43.2. The average Bonchev–Trinajstić information content (AvgIpc) is 3.14. The van der Waals surface area contributed by atoms with E-state index in [0.717, 1.165) is 71.4 Å². The van der Waals surface area contributed by atoms with Gasteiger partial charge in [0.1, 0.15) is 11.5 Å². The Hall–Kier alpha value is -5.60. The van der Waals surface area contributed by atoms with Gasteiger partial charge in [-0.05, 0) is 142 Å². The summed E-state index contributed by atoms with van der Waals surface area (Å²) >= 11 is 0.